The molecule has 102 valence electrons. The van der Waals surface area contributed by atoms with Gasteiger partial charge in [-0.25, -0.2) is 0 Å². The van der Waals surface area contributed by atoms with E-state index in [-0.39, 0.29) is 12.7 Å². The van der Waals surface area contributed by atoms with Crippen LogP contribution in [0.25, 0.3) is 0 Å². The Balaban J connectivity index is 1.70. The Bertz CT molecular complexity index is 487. The van der Waals surface area contributed by atoms with Crippen LogP contribution < -0.4 is 9.47 Å². The summed E-state index contributed by atoms with van der Waals surface area (Å²) in [7, 11) is 0. The lowest BCUT2D eigenvalue weighted by Crippen LogP contribution is -2.31. The predicted octanol–water partition coefficient (Wildman–Crippen LogP) is 0.976. The molecule has 1 saturated heterocycles. The highest BCUT2D eigenvalue weighted by Gasteiger charge is 2.27. The number of epoxide rings is 1. The molecule has 0 amide bonds. The fraction of sp³-hybridized carbons (Fsp3) is 0.500. The third kappa shape index (κ3) is 2.87. The molecule has 0 aromatic heterocycles. The Labute approximate surface area is 109 Å². The van der Waals surface area contributed by atoms with E-state index in [0.717, 1.165) is 12.2 Å². The summed E-state index contributed by atoms with van der Waals surface area (Å²) >= 11 is 0. The van der Waals surface area contributed by atoms with Crippen LogP contribution in [0.3, 0.4) is 0 Å². The molecular weight excluding hydrogens is 254 g/mol. The van der Waals surface area contributed by atoms with Gasteiger partial charge in [-0.15, -0.1) is 10.1 Å². The molecule has 0 N–H and O–H groups in total. The van der Waals surface area contributed by atoms with Gasteiger partial charge >= 0.3 is 0 Å². The van der Waals surface area contributed by atoms with Crippen LogP contribution in [0.2, 0.25) is 0 Å². The van der Waals surface area contributed by atoms with Crippen molar-refractivity contribution in [3.8, 4) is 11.5 Å². The van der Waals surface area contributed by atoms with E-state index in [4.69, 9.17) is 14.2 Å². The Morgan fingerprint density at radius 3 is 3.00 bits per heavy atom. The summed E-state index contributed by atoms with van der Waals surface area (Å²) in [5.74, 6) is 1.29. The van der Waals surface area contributed by atoms with Gasteiger partial charge in [0.25, 0.3) is 5.09 Å². The molecule has 0 unspecified atom stereocenters. The molecule has 0 spiro atoms. The van der Waals surface area contributed by atoms with E-state index in [1.54, 1.807) is 0 Å². The van der Waals surface area contributed by atoms with Gasteiger partial charge in [-0.2, -0.15) is 0 Å². The quantitative estimate of drug-likeness (QED) is 0.449. The highest BCUT2D eigenvalue weighted by atomic mass is 17.0. The number of para-hydroxylation sites is 1. The first-order valence-corrected chi connectivity index (χ1v) is 6.02. The maximum atomic E-state index is 10.3. The van der Waals surface area contributed by atoms with Gasteiger partial charge in [-0.1, -0.05) is 12.1 Å². The van der Waals surface area contributed by atoms with Crippen LogP contribution in [0, 0.1) is 10.1 Å². The van der Waals surface area contributed by atoms with Gasteiger partial charge in [0, 0.05) is 12.0 Å². The lowest BCUT2D eigenvalue weighted by molar-refractivity contribution is -0.769. The fourth-order valence-electron chi connectivity index (χ4n) is 2.02. The van der Waals surface area contributed by atoms with E-state index in [1.807, 2.05) is 18.2 Å². The molecule has 1 aromatic rings. The highest BCUT2D eigenvalue weighted by Crippen LogP contribution is 2.35. The molecule has 7 heteroatoms. The van der Waals surface area contributed by atoms with Gasteiger partial charge in [0.1, 0.15) is 25.4 Å². The van der Waals surface area contributed by atoms with Crippen LogP contribution in [0.1, 0.15) is 5.56 Å². The van der Waals surface area contributed by atoms with Crippen LogP contribution >= 0.6 is 0 Å². The Morgan fingerprint density at radius 1 is 1.42 bits per heavy atom. The summed E-state index contributed by atoms with van der Waals surface area (Å²) in [4.78, 5) is 14.9. The van der Waals surface area contributed by atoms with Crippen molar-refractivity contribution >= 4 is 0 Å². The van der Waals surface area contributed by atoms with Crippen LogP contribution in [-0.2, 0) is 16.0 Å². The summed E-state index contributed by atoms with van der Waals surface area (Å²) in [5.41, 5.74) is 0.854. The van der Waals surface area contributed by atoms with E-state index in [1.165, 1.54) is 0 Å². The number of benzene rings is 1. The molecule has 19 heavy (non-hydrogen) atoms. The van der Waals surface area contributed by atoms with Gasteiger partial charge in [0.15, 0.2) is 11.5 Å². The number of rotatable bonds is 5. The molecule has 2 aliphatic heterocycles. The van der Waals surface area contributed by atoms with Crippen molar-refractivity contribution in [2.45, 2.75) is 18.6 Å². The fourth-order valence-corrected chi connectivity index (χ4v) is 2.02. The van der Waals surface area contributed by atoms with E-state index in [2.05, 4.69) is 4.84 Å². The maximum Gasteiger partial charge on any atom is 0.294 e. The topological polar surface area (TPSA) is 83.4 Å². The molecule has 0 bridgehead atoms. The monoisotopic (exact) mass is 267 g/mol. The lowest BCUT2D eigenvalue weighted by atomic mass is 10.0. The minimum atomic E-state index is -0.788. The number of hydrogen-bond acceptors (Lipinski definition) is 6. The summed E-state index contributed by atoms with van der Waals surface area (Å²) < 4.78 is 16.2. The normalized spacial score (nSPS) is 24.0. The van der Waals surface area contributed by atoms with Crippen molar-refractivity contribution in [1.29, 1.82) is 0 Å². The third-order valence-corrected chi connectivity index (χ3v) is 2.98. The van der Waals surface area contributed by atoms with Gasteiger partial charge in [-0.3, -0.25) is 0 Å². The Kier molecular flexibility index (Phi) is 3.12. The largest absolute Gasteiger partial charge is 0.487 e. The third-order valence-electron chi connectivity index (χ3n) is 2.98. The Morgan fingerprint density at radius 2 is 2.26 bits per heavy atom. The first kappa shape index (κ1) is 12.0. The SMILES string of the molecule is O=[N+]([O-])O[C@H]1COc2c(cccc2OC[C@H]2CO2)C1. The van der Waals surface area contributed by atoms with E-state index < -0.39 is 11.2 Å². The second kappa shape index (κ2) is 4.93. The summed E-state index contributed by atoms with van der Waals surface area (Å²) in [6, 6.07) is 5.50. The molecule has 1 aromatic carbocycles. The standard InChI is InChI=1S/C12H13NO6/c14-13(15)19-9-4-8-2-1-3-11(12(8)18-5-9)17-7-10-6-16-10/h1-3,9-10H,4-7H2/t9-,10-/m1/s1. The van der Waals surface area contributed by atoms with Crippen molar-refractivity contribution in [2.75, 3.05) is 19.8 Å². The molecule has 2 aliphatic rings. The van der Waals surface area contributed by atoms with E-state index >= 15 is 0 Å². The molecule has 3 rings (SSSR count). The second-order valence-electron chi connectivity index (χ2n) is 4.48. The zero-order valence-corrected chi connectivity index (χ0v) is 10.1. The summed E-state index contributed by atoms with van der Waals surface area (Å²) in [6.07, 6.45) is 0.0440. The smallest absolute Gasteiger partial charge is 0.294 e. The molecule has 7 nitrogen and oxygen atoms in total. The average molecular weight is 267 g/mol. The zero-order valence-electron chi connectivity index (χ0n) is 10.1. The van der Waals surface area contributed by atoms with Crippen molar-refractivity contribution in [1.82, 2.24) is 0 Å². The predicted molar refractivity (Wildman–Crippen MR) is 62.7 cm³/mol. The molecule has 1 fully saturated rings. The number of hydrogen-bond donors (Lipinski definition) is 0. The minimum Gasteiger partial charge on any atom is -0.487 e. The van der Waals surface area contributed by atoms with Crippen molar-refractivity contribution in [3.63, 3.8) is 0 Å². The van der Waals surface area contributed by atoms with E-state index in [9.17, 15) is 10.1 Å². The molecular formula is C12H13NO6. The lowest BCUT2D eigenvalue weighted by Gasteiger charge is -2.25. The van der Waals surface area contributed by atoms with Crippen molar-refractivity contribution in [3.05, 3.63) is 33.9 Å². The van der Waals surface area contributed by atoms with Gasteiger partial charge in [-0.05, 0) is 6.07 Å². The van der Waals surface area contributed by atoms with Crippen molar-refractivity contribution < 1.29 is 24.1 Å². The number of nitrogens with zero attached hydrogens (tertiary/aromatic N) is 1. The van der Waals surface area contributed by atoms with E-state index in [0.29, 0.717) is 24.5 Å². The first-order chi connectivity index (χ1) is 9.22. The highest BCUT2D eigenvalue weighted by molar-refractivity contribution is 5.48. The summed E-state index contributed by atoms with van der Waals surface area (Å²) in [5, 5.41) is 9.53. The van der Waals surface area contributed by atoms with Gasteiger partial charge < -0.3 is 19.0 Å². The zero-order chi connectivity index (χ0) is 13.2. The van der Waals surface area contributed by atoms with Crippen LogP contribution in [0.15, 0.2) is 18.2 Å². The minimum absolute atomic E-state index is 0.147. The van der Waals surface area contributed by atoms with Crippen molar-refractivity contribution in [2.24, 2.45) is 0 Å². The number of fused-ring (bicyclic) bond motifs is 1. The molecule has 2 atom stereocenters. The molecule has 0 saturated carbocycles. The summed E-state index contributed by atoms with van der Waals surface area (Å²) in [6.45, 7) is 1.37. The molecule has 0 radical (unpaired) electrons. The molecule has 2 heterocycles. The van der Waals surface area contributed by atoms with Gasteiger partial charge in [0.2, 0.25) is 0 Å². The van der Waals surface area contributed by atoms with Crippen LogP contribution in [0.4, 0.5) is 0 Å². The average Bonchev–Trinajstić information content (AvgIpc) is 3.19. The number of ether oxygens (including phenoxy) is 3. The second-order valence-corrected chi connectivity index (χ2v) is 4.48. The van der Waals surface area contributed by atoms with Crippen LogP contribution in [0.5, 0.6) is 11.5 Å². The maximum absolute atomic E-state index is 10.3. The Hall–Kier alpha value is -2.02. The van der Waals surface area contributed by atoms with Gasteiger partial charge in [0.05, 0.1) is 6.61 Å². The van der Waals surface area contributed by atoms with Crippen LogP contribution in [-0.4, -0.2) is 37.1 Å². The molecule has 0 aliphatic carbocycles. The first-order valence-electron chi connectivity index (χ1n) is 6.02.